The first kappa shape index (κ1) is 20.0. The number of carbonyl (C=O) groups excluding carboxylic acids is 2. The van der Waals surface area contributed by atoms with Gasteiger partial charge in [-0.25, -0.2) is 9.97 Å². The Hall–Kier alpha value is -2.76. The van der Waals surface area contributed by atoms with Crippen molar-refractivity contribution >= 4 is 11.8 Å². The Morgan fingerprint density at radius 3 is 2.57 bits per heavy atom. The highest BCUT2D eigenvalue weighted by Crippen LogP contribution is 2.18. The van der Waals surface area contributed by atoms with Gasteiger partial charge in [-0.05, 0) is 38.3 Å². The van der Waals surface area contributed by atoms with Crippen LogP contribution in [0.1, 0.15) is 35.6 Å². The predicted molar refractivity (Wildman–Crippen MR) is 108 cm³/mol. The van der Waals surface area contributed by atoms with Crippen LogP contribution in [0.3, 0.4) is 0 Å². The van der Waals surface area contributed by atoms with Crippen LogP contribution in [0.25, 0.3) is 0 Å². The lowest BCUT2D eigenvalue weighted by atomic mass is 9.96. The molecule has 1 fully saturated rings. The van der Waals surface area contributed by atoms with Gasteiger partial charge in [0.05, 0.1) is 5.92 Å². The molecular weight excluding hydrogens is 352 g/mol. The third-order valence-electron chi connectivity index (χ3n) is 5.06. The van der Waals surface area contributed by atoms with Crippen LogP contribution >= 0.6 is 0 Å². The van der Waals surface area contributed by atoms with Crippen LogP contribution in [-0.2, 0) is 22.4 Å². The summed E-state index contributed by atoms with van der Waals surface area (Å²) in [5, 5.41) is 2.99. The van der Waals surface area contributed by atoms with Gasteiger partial charge in [-0.1, -0.05) is 30.3 Å². The number of benzene rings is 1. The number of aryl methyl sites for hydroxylation is 2. The Labute approximate surface area is 166 Å². The Bertz CT molecular complexity index is 802. The Kier molecular flexibility index (Phi) is 6.74. The number of hydrogen-bond acceptors (Lipinski definition) is 4. The van der Waals surface area contributed by atoms with Crippen molar-refractivity contribution in [3.05, 3.63) is 59.2 Å². The zero-order valence-corrected chi connectivity index (χ0v) is 16.6. The monoisotopic (exact) mass is 380 g/mol. The summed E-state index contributed by atoms with van der Waals surface area (Å²) in [6, 6.07) is 12.1. The SMILES string of the molecule is Cc1cc(C)nc(CCNC(=O)C2CCC(=O)N(CCc3ccccc3)C2)n1. The molecule has 2 aromatic rings. The molecule has 1 N–H and O–H groups in total. The van der Waals surface area contributed by atoms with E-state index in [9.17, 15) is 9.59 Å². The van der Waals surface area contributed by atoms with E-state index in [0.717, 1.165) is 23.6 Å². The van der Waals surface area contributed by atoms with E-state index < -0.39 is 0 Å². The molecule has 148 valence electrons. The zero-order chi connectivity index (χ0) is 19.9. The highest BCUT2D eigenvalue weighted by Gasteiger charge is 2.29. The van der Waals surface area contributed by atoms with Gasteiger partial charge in [0.15, 0.2) is 0 Å². The number of nitrogens with zero attached hydrogens (tertiary/aromatic N) is 3. The van der Waals surface area contributed by atoms with Crippen LogP contribution in [0.15, 0.2) is 36.4 Å². The molecule has 2 heterocycles. The third-order valence-corrected chi connectivity index (χ3v) is 5.06. The van der Waals surface area contributed by atoms with E-state index in [1.54, 1.807) is 0 Å². The summed E-state index contributed by atoms with van der Waals surface area (Å²) in [5.74, 6) is 0.764. The first-order valence-corrected chi connectivity index (χ1v) is 9.92. The average Bonchev–Trinajstić information content (AvgIpc) is 2.67. The summed E-state index contributed by atoms with van der Waals surface area (Å²) in [6.07, 6.45) is 2.47. The molecule has 0 spiro atoms. The minimum absolute atomic E-state index is 0.0154. The molecule has 2 amide bonds. The second-order valence-corrected chi connectivity index (χ2v) is 7.42. The summed E-state index contributed by atoms with van der Waals surface area (Å²) in [6.45, 7) is 5.55. The molecule has 3 rings (SSSR count). The summed E-state index contributed by atoms with van der Waals surface area (Å²) in [4.78, 5) is 35.4. The largest absolute Gasteiger partial charge is 0.355 e. The van der Waals surface area contributed by atoms with Gasteiger partial charge in [0.25, 0.3) is 0 Å². The maximum atomic E-state index is 12.6. The predicted octanol–water partition coefficient (Wildman–Crippen LogP) is 2.23. The number of rotatable bonds is 7. The molecule has 0 bridgehead atoms. The quantitative estimate of drug-likeness (QED) is 0.799. The number of hydrogen-bond donors (Lipinski definition) is 1. The minimum atomic E-state index is -0.145. The van der Waals surface area contributed by atoms with Crippen molar-refractivity contribution in [2.75, 3.05) is 19.6 Å². The molecule has 0 saturated carbocycles. The number of carbonyl (C=O) groups is 2. The van der Waals surface area contributed by atoms with E-state index in [-0.39, 0.29) is 17.7 Å². The fourth-order valence-corrected chi connectivity index (χ4v) is 3.61. The Morgan fingerprint density at radius 2 is 1.86 bits per heavy atom. The number of likely N-dealkylation sites (tertiary alicyclic amines) is 1. The van der Waals surface area contributed by atoms with E-state index in [0.29, 0.717) is 38.9 Å². The maximum Gasteiger partial charge on any atom is 0.224 e. The topological polar surface area (TPSA) is 75.2 Å². The summed E-state index contributed by atoms with van der Waals surface area (Å²) >= 11 is 0. The summed E-state index contributed by atoms with van der Waals surface area (Å²) < 4.78 is 0. The molecule has 1 atom stereocenters. The highest BCUT2D eigenvalue weighted by atomic mass is 16.2. The van der Waals surface area contributed by atoms with E-state index in [1.807, 2.05) is 43.0 Å². The highest BCUT2D eigenvalue weighted by molar-refractivity contribution is 5.83. The fraction of sp³-hybridized carbons (Fsp3) is 0.455. The van der Waals surface area contributed by atoms with E-state index in [4.69, 9.17) is 0 Å². The number of amides is 2. The van der Waals surface area contributed by atoms with Crippen LogP contribution < -0.4 is 5.32 Å². The second-order valence-electron chi connectivity index (χ2n) is 7.42. The van der Waals surface area contributed by atoms with Gasteiger partial charge >= 0.3 is 0 Å². The molecule has 1 saturated heterocycles. The molecule has 6 heteroatoms. The molecule has 0 aliphatic carbocycles. The number of piperidine rings is 1. The molecule has 6 nitrogen and oxygen atoms in total. The Morgan fingerprint density at radius 1 is 1.14 bits per heavy atom. The van der Waals surface area contributed by atoms with Crippen molar-refractivity contribution in [2.45, 2.75) is 39.5 Å². The van der Waals surface area contributed by atoms with Crippen LogP contribution in [0.4, 0.5) is 0 Å². The normalized spacial score (nSPS) is 16.9. The average molecular weight is 380 g/mol. The molecule has 0 radical (unpaired) electrons. The smallest absolute Gasteiger partial charge is 0.224 e. The van der Waals surface area contributed by atoms with Gasteiger partial charge < -0.3 is 10.2 Å². The van der Waals surface area contributed by atoms with Gasteiger partial charge in [0.1, 0.15) is 5.82 Å². The lowest BCUT2D eigenvalue weighted by molar-refractivity contribution is -0.138. The van der Waals surface area contributed by atoms with Crippen molar-refractivity contribution in [3.63, 3.8) is 0 Å². The third kappa shape index (κ3) is 5.62. The molecule has 1 aliphatic rings. The van der Waals surface area contributed by atoms with Crippen LogP contribution in [0, 0.1) is 19.8 Å². The first-order valence-electron chi connectivity index (χ1n) is 9.92. The standard InChI is InChI=1S/C22H28N4O2/c1-16-14-17(2)25-20(24-16)10-12-23-22(28)19-8-9-21(27)26(15-19)13-11-18-6-4-3-5-7-18/h3-7,14,19H,8-13,15H2,1-2H3,(H,23,28). The van der Waals surface area contributed by atoms with Crippen molar-refractivity contribution in [1.82, 2.24) is 20.2 Å². The molecule has 28 heavy (non-hydrogen) atoms. The van der Waals surface area contributed by atoms with Crippen LogP contribution in [0.5, 0.6) is 0 Å². The van der Waals surface area contributed by atoms with Gasteiger partial charge in [0, 0.05) is 43.9 Å². The zero-order valence-electron chi connectivity index (χ0n) is 16.6. The minimum Gasteiger partial charge on any atom is -0.355 e. The molecular formula is C22H28N4O2. The van der Waals surface area contributed by atoms with Gasteiger partial charge in [-0.3, -0.25) is 9.59 Å². The van der Waals surface area contributed by atoms with Crippen molar-refractivity contribution in [1.29, 1.82) is 0 Å². The van der Waals surface area contributed by atoms with E-state index in [1.165, 1.54) is 5.56 Å². The molecule has 1 unspecified atom stereocenters. The van der Waals surface area contributed by atoms with E-state index >= 15 is 0 Å². The maximum absolute atomic E-state index is 12.6. The van der Waals surface area contributed by atoms with Gasteiger partial charge in [-0.2, -0.15) is 0 Å². The summed E-state index contributed by atoms with van der Waals surface area (Å²) in [5.41, 5.74) is 3.08. The second kappa shape index (κ2) is 9.44. The summed E-state index contributed by atoms with van der Waals surface area (Å²) in [7, 11) is 0. The number of aromatic nitrogens is 2. The lowest BCUT2D eigenvalue weighted by Gasteiger charge is -2.32. The van der Waals surface area contributed by atoms with Crippen LogP contribution in [-0.4, -0.2) is 46.3 Å². The molecule has 1 aliphatic heterocycles. The van der Waals surface area contributed by atoms with Crippen molar-refractivity contribution < 1.29 is 9.59 Å². The van der Waals surface area contributed by atoms with E-state index in [2.05, 4.69) is 27.4 Å². The van der Waals surface area contributed by atoms with Crippen molar-refractivity contribution in [2.24, 2.45) is 5.92 Å². The first-order chi connectivity index (χ1) is 13.5. The fourth-order valence-electron chi connectivity index (χ4n) is 3.61. The van der Waals surface area contributed by atoms with Gasteiger partial charge in [-0.15, -0.1) is 0 Å². The van der Waals surface area contributed by atoms with Crippen molar-refractivity contribution in [3.8, 4) is 0 Å². The number of nitrogens with one attached hydrogen (secondary N) is 1. The Balaban J connectivity index is 1.47. The molecule has 1 aromatic heterocycles. The van der Waals surface area contributed by atoms with Gasteiger partial charge in [0.2, 0.25) is 11.8 Å². The van der Waals surface area contributed by atoms with Crippen LogP contribution in [0.2, 0.25) is 0 Å². The lowest BCUT2D eigenvalue weighted by Crippen LogP contribution is -2.46. The molecule has 1 aromatic carbocycles.